The Hall–Kier alpha value is -7.60. The Bertz CT molecular complexity index is 2000. The molecular formula is C50H60N8O4. The molecule has 62 heavy (non-hydrogen) atoms. The molecular weight excluding hydrogens is 777 g/mol. The Labute approximate surface area is 368 Å². The van der Waals surface area contributed by atoms with Crippen molar-refractivity contribution < 1.29 is 18.9 Å². The molecule has 0 fully saturated rings. The Morgan fingerprint density at radius 3 is 1.16 bits per heavy atom. The fourth-order valence-corrected chi connectivity index (χ4v) is 4.09. The van der Waals surface area contributed by atoms with E-state index in [1.54, 1.807) is 108 Å². The normalized spacial score (nSPS) is 8.81. The Kier molecular flexibility index (Phi) is 29.9. The van der Waals surface area contributed by atoms with Crippen LogP contribution in [0, 0.1) is 41.5 Å². The van der Waals surface area contributed by atoms with Crippen LogP contribution in [0.25, 0.3) is 0 Å². The fourth-order valence-electron chi connectivity index (χ4n) is 4.09. The first-order valence-corrected chi connectivity index (χ1v) is 19.4. The zero-order valence-corrected chi connectivity index (χ0v) is 37.5. The second-order valence-electron chi connectivity index (χ2n) is 12.4. The smallest absolute Gasteiger partial charge is 0.216 e. The number of ether oxygens (including phenoxy) is 4. The summed E-state index contributed by atoms with van der Waals surface area (Å²) in [5.41, 5.74) is 6.61. The predicted octanol–water partition coefficient (Wildman–Crippen LogP) is 10.5. The molecule has 0 aromatic carbocycles. The number of aryl methyl sites for hydroxylation is 6. The van der Waals surface area contributed by atoms with Gasteiger partial charge in [-0.15, -0.1) is 0 Å². The lowest BCUT2D eigenvalue weighted by Crippen LogP contribution is -1.91. The first kappa shape index (κ1) is 52.4. The molecule has 12 nitrogen and oxygen atoms in total. The van der Waals surface area contributed by atoms with E-state index in [0.29, 0.717) is 11.8 Å². The van der Waals surface area contributed by atoms with Gasteiger partial charge in [-0.2, -0.15) is 0 Å². The van der Waals surface area contributed by atoms with Crippen molar-refractivity contribution in [1.29, 1.82) is 0 Å². The van der Waals surface area contributed by atoms with Gasteiger partial charge in [-0.25, -0.2) is 9.97 Å². The quantitative estimate of drug-likeness (QED) is 0.167. The summed E-state index contributed by atoms with van der Waals surface area (Å²) in [7, 11) is 6.44. The summed E-state index contributed by atoms with van der Waals surface area (Å²) in [4.78, 5) is 31.5. The first-order chi connectivity index (χ1) is 30.1. The number of rotatable bonds is 4. The average Bonchev–Trinajstić information content (AvgIpc) is 3.32. The molecule has 0 unspecified atom stereocenters. The highest BCUT2D eigenvalue weighted by Crippen LogP contribution is 2.17. The maximum atomic E-state index is 5.02. The van der Waals surface area contributed by atoms with Crippen molar-refractivity contribution in [2.24, 2.45) is 0 Å². The number of nitrogens with zero attached hydrogens (tertiary/aromatic N) is 8. The van der Waals surface area contributed by atoms with Crippen molar-refractivity contribution in [2.75, 3.05) is 28.4 Å². The van der Waals surface area contributed by atoms with E-state index < -0.39 is 0 Å². The SMILES string of the molecule is COc1cc(C)nc(OC)c1.COc1ccccn1.COc1ccncc1.Cc1cccc(C)n1.Cc1ccccn1.Cc1cccnc1.Cc1ccncc1.c1ccncc1. The third-order valence-corrected chi connectivity index (χ3v) is 7.14. The topological polar surface area (TPSA) is 140 Å². The van der Waals surface area contributed by atoms with Crippen LogP contribution in [0.2, 0.25) is 0 Å². The summed E-state index contributed by atoms with van der Waals surface area (Å²) < 4.78 is 19.6. The number of aromatic nitrogens is 8. The average molecular weight is 837 g/mol. The van der Waals surface area contributed by atoms with Crippen molar-refractivity contribution in [3.63, 3.8) is 0 Å². The highest BCUT2D eigenvalue weighted by molar-refractivity contribution is 5.29. The third-order valence-electron chi connectivity index (χ3n) is 7.14. The van der Waals surface area contributed by atoms with Crippen molar-refractivity contribution in [2.45, 2.75) is 41.5 Å². The van der Waals surface area contributed by atoms with Gasteiger partial charge < -0.3 is 18.9 Å². The van der Waals surface area contributed by atoms with Crippen molar-refractivity contribution >= 4 is 0 Å². The van der Waals surface area contributed by atoms with Crippen LogP contribution in [0.15, 0.2) is 183 Å². The standard InChI is InChI=1S/C8H11NO2.C7H9N.2C6H7NO.3C6H7N.C5H5N/c1-6-4-7(10-2)5-8(9-6)11-3;1-6-4-3-5-7(2)8-6;1-8-6-2-4-7-5-3-6;1-8-6-4-2-3-5-7-6;1-6-2-4-7-5-3-6;1-6-3-2-4-7-5-6;1-6-4-2-3-5-7-6;1-2-4-6-5-3-1/h4-5H,1-3H3;3-5H,1-2H3;2*2-5H,1H3;3*2-5H,1H3;1-5H. The number of methoxy groups -OCH3 is 4. The molecule has 0 N–H and O–H groups in total. The molecule has 8 heterocycles. The summed E-state index contributed by atoms with van der Waals surface area (Å²) in [6.45, 7) is 11.9. The molecule has 0 aliphatic heterocycles. The molecule has 8 aromatic rings. The van der Waals surface area contributed by atoms with Gasteiger partial charge in [-0.3, -0.25) is 29.9 Å². The van der Waals surface area contributed by atoms with Gasteiger partial charge in [0, 0.05) is 103 Å². The van der Waals surface area contributed by atoms with Crippen LogP contribution in [0.4, 0.5) is 0 Å². The predicted molar refractivity (Wildman–Crippen MR) is 249 cm³/mol. The first-order valence-electron chi connectivity index (χ1n) is 19.4. The second kappa shape index (κ2) is 35.4. The second-order valence-corrected chi connectivity index (χ2v) is 12.4. The van der Waals surface area contributed by atoms with E-state index in [9.17, 15) is 0 Å². The largest absolute Gasteiger partial charge is 0.497 e. The van der Waals surface area contributed by atoms with Crippen LogP contribution in [0.1, 0.15) is 33.9 Å². The van der Waals surface area contributed by atoms with Gasteiger partial charge in [-0.1, -0.05) is 30.3 Å². The molecule has 0 saturated heterocycles. The molecule has 0 atom stereocenters. The molecule has 0 radical (unpaired) electrons. The Morgan fingerprint density at radius 2 is 0.855 bits per heavy atom. The minimum atomic E-state index is 0.585. The van der Waals surface area contributed by atoms with E-state index in [-0.39, 0.29) is 0 Å². The van der Waals surface area contributed by atoms with Gasteiger partial charge >= 0.3 is 0 Å². The molecule has 0 spiro atoms. The molecule has 0 bridgehead atoms. The molecule has 0 aliphatic carbocycles. The van der Waals surface area contributed by atoms with E-state index in [2.05, 4.69) is 39.9 Å². The van der Waals surface area contributed by atoms with Crippen molar-refractivity contribution in [3.05, 3.63) is 217 Å². The van der Waals surface area contributed by atoms with Gasteiger partial charge in [0.15, 0.2) is 0 Å². The third kappa shape index (κ3) is 29.6. The number of pyridine rings is 8. The minimum absolute atomic E-state index is 0.585. The van der Waals surface area contributed by atoms with Gasteiger partial charge in [0.25, 0.3) is 0 Å². The van der Waals surface area contributed by atoms with Crippen LogP contribution in [-0.2, 0) is 0 Å². The molecule has 0 saturated carbocycles. The maximum absolute atomic E-state index is 5.02. The van der Waals surface area contributed by atoms with Gasteiger partial charge in [0.05, 0.1) is 28.4 Å². The maximum Gasteiger partial charge on any atom is 0.216 e. The van der Waals surface area contributed by atoms with Crippen molar-refractivity contribution in [1.82, 2.24) is 39.9 Å². The van der Waals surface area contributed by atoms with Crippen LogP contribution >= 0.6 is 0 Å². The van der Waals surface area contributed by atoms with Crippen LogP contribution in [-0.4, -0.2) is 68.3 Å². The molecule has 0 amide bonds. The van der Waals surface area contributed by atoms with Crippen LogP contribution < -0.4 is 18.9 Å². The van der Waals surface area contributed by atoms with Gasteiger partial charge in [0.1, 0.15) is 11.5 Å². The molecule has 12 heteroatoms. The molecule has 8 aromatic heterocycles. The zero-order chi connectivity index (χ0) is 45.5. The summed E-state index contributed by atoms with van der Waals surface area (Å²) >= 11 is 0. The monoisotopic (exact) mass is 836 g/mol. The van der Waals surface area contributed by atoms with Gasteiger partial charge in [-0.05, 0) is 125 Å². The zero-order valence-electron chi connectivity index (χ0n) is 37.5. The van der Waals surface area contributed by atoms with Gasteiger partial charge in [0.2, 0.25) is 11.8 Å². The number of hydrogen-bond acceptors (Lipinski definition) is 12. The minimum Gasteiger partial charge on any atom is -0.497 e. The lowest BCUT2D eigenvalue weighted by Gasteiger charge is -2.03. The highest BCUT2D eigenvalue weighted by Gasteiger charge is 1.98. The molecule has 324 valence electrons. The number of hydrogen-bond donors (Lipinski definition) is 0. The van der Waals surface area contributed by atoms with Crippen LogP contribution in [0.5, 0.6) is 23.3 Å². The molecule has 8 rings (SSSR count). The Morgan fingerprint density at radius 1 is 0.323 bits per heavy atom. The summed E-state index contributed by atoms with van der Waals surface area (Å²) in [6.07, 6.45) is 17.5. The highest BCUT2D eigenvalue weighted by atomic mass is 16.5. The van der Waals surface area contributed by atoms with E-state index in [1.165, 1.54) is 11.1 Å². The van der Waals surface area contributed by atoms with E-state index in [1.807, 2.05) is 145 Å². The summed E-state index contributed by atoms with van der Waals surface area (Å²) in [5, 5.41) is 0. The summed E-state index contributed by atoms with van der Waals surface area (Å²) in [5.74, 6) is 2.86. The summed E-state index contributed by atoms with van der Waals surface area (Å²) in [6, 6.07) is 38.2. The molecule has 0 aliphatic rings. The fraction of sp³-hybridized carbons (Fsp3) is 0.200. The van der Waals surface area contributed by atoms with E-state index in [4.69, 9.17) is 18.9 Å². The van der Waals surface area contributed by atoms with Crippen LogP contribution in [0.3, 0.4) is 0 Å². The Balaban J connectivity index is 0.000000356. The lowest BCUT2D eigenvalue weighted by molar-refractivity contribution is 0.381. The van der Waals surface area contributed by atoms with E-state index >= 15 is 0 Å². The van der Waals surface area contributed by atoms with Crippen molar-refractivity contribution in [3.8, 4) is 23.3 Å². The lowest BCUT2D eigenvalue weighted by atomic mass is 10.3. The van der Waals surface area contributed by atoms with E-state index in [0.717, 1.165) is 34.3 Å².